The van der Waals surface area contributed by atoms with Crippen LogP contribution in [0.3, 0.4) is 0 Å². The van der Waals surface area contributed by atoms with Gasteiger partial charge in [-0.25, -0.2) is 0 Å². The lowest BCUT2D eigenvalue weighted by Crippen LogP contribution is -2.29. The lowest BCUT2D eigenvalue weighted by atomic mass is 9.95. The fourth-order valence-electron chi connectivity index (χ4n) is 2.73. The number of aromatic nitrogens is 2. The number of halogens is 1. The van der Waals surface area contributed by atoms with Crippen molar-refractivity contribution in [2.75, 3.05) is 13.1 Å². The predicted octanol–water partition coefficient (Wildman–Crippen LogP) is 3.32. The third-order valence-electron chi connectivity index (χ3n) is 3.77. The van der Waals surface area contributed by atoms with Gasteiger partial charge in [0.1, 0.15) is 0 Å². The summed E-state index contributed by atoms with van der Waals surface area (Å²) in [5.41, 5.74) is 3.58. The van der Waals surface area contributed by atoms with Crippen molar-refractivity contribution in [3.8, 4) is 11.3 Å². The summed E-state index contributed by atoms with van der Waals surface area (Å²) in [6.07, 6.45) is 2.51. The van der Waals surface area contributed by atoms with Gasteiger partial charge in [0.25, 0.3) is 0 Å². The number of nitrogens with one attached hydrogen (secondary N) is 1. The van der Waals surface area contributed by atoms with E-state index in [1.54, 1.807) is 0 Å². The molecule has 1 N–H and O–H groups in total. The maximum absolute atomic E-state index is 4.66. The van der Waals surface area contributed by atoms with E-state index < -0.39 is 0 Å². The van der Waals surface area contributed by atoms with Crippen molar-refractivity contribution in [3.05, 3.63) is 40.5 Å². The number of aryl methyl sites for hydroxylation is 1. The fourth-order valence-corrected chi connectivity index (χ4v) is 2.99. The lowest BCUT2D eigenvalue weighted by Gasteiger charge is -2.22. The molecule has 1 aromatic heterocycles. The first-order valence-corrected chi connectivity index (χ1v) is 7.54. The summed E-state index contributed by atoms with van der Waals surface area (Å²) in [5.74, 6) is 0.593. The van der Waals surface area contributed by atoms with Gasteiger partial charge in [-0.2, -0.15) is 5.10 Å². The highest BCUT2D eigenvalue weighted by molar-refractivity contribution is 9.10. The van der Waals surface area contributed by atoms with Crippen molar-refractivity contribution < 1.29 is 0 Å². The third-order valence-corrected chi connectivity index (χ3v) is 4.30. The van der Waals surface area contributed by atoms with Crippen molar-refractivity contribution in [3.63, 3.8) is 0 Å². The molecule has 3 rings (SSSR count). The average molecular weight is 320 g/mol. The van der Waals surface area contributed by atoms with Gasteiger partial charge in [0, 0.05) is 35.2 Å². The minimum atomic E-state index is 0.593. The monoisotopic (exact) mass is 319 g/mol. The molecule has 1 saturated heterocycles. The average Bonchev–Trinajstić information content (AvgIpc) is 2.83. The SMILES string of the molecule is Cn1nc(-c2ccc(Br)cc2)cc1C1CCCNC1. The number of rotatable bonds is 2. The Kier molecular flexibility index (Phi) is 3.71. The van der Waals surface area contributed by atoms with E-state index >= 15 is 0 Å². The molecule has 0 spiro atoms. The van der Waals surface area contributed by atoms with Gasteiger partial charge in [0.05, 0.1) is 5.69 Å². The molecule has 2 aromatic rings. The molecule has 0 saturated carbocycles. The number of piperidine rings is 1. The van der Waals surface area contributed by atoms with Crippen LogP contribution in [-0.4, -0.2) is 22.9 Å². The van der Waals surface area contributed by atoms with Crippen LogP contribution >= 0.6 is 15.9 Å². The fraction of sp³-hybridized carbons (Fsp3) is 0.400. The number of benzene rings is 1. The summed E-state index contributed by atoms with van der Waals surface area (Å²) in [6.45, 7) is 2.22. The molecular weight excluding hydrogens is 302 g/mol. The van der Waals surface area contributed by atoms with E-state index in [1.165, 1.54) is 24.1 Å². The maximum Gasteiger partial charge on any atom is 0.0926 e. The molecule has 1 aliphatic heterocycles. The van der Waals surface area contributed by atoms with Gasteiger partial charge in [-0.1, -0.05) is 28.1 Å². The molecule has 0 radical (unpaired) electrons. The Bertz CT molecular complexity index is 553. The van der Waals surface area contributed by atoms with Gasteiger partial charge in [-0.05, 0) is 37.6 Å². The standard InChI is InChI=1S/C15H18BrN3/c1-19-15(12-3-2-8-17-10-12)9-14(18-19)11-4-6-13(16)7-5-11/h4-7,9,12,17H,2-3,8,10H2,1H3. The van der Waals surface area contributed by atoms with Crippen LogP contribution in [0.4, 0.5) is 0 Å². The van der Waals surface area contributed by atoms with Gasteiger partial charge in [0.2, 0.25) is 0 Å². The Morgan fingerprint density at radius 3 is 2.79 bits per heavy atom. The van der Waals surface area contributed by atoms with Crippen LogP contribution in [0.2, 0.25) is 0 Å². The summed E-state index contributed by atoms with van der Waals surface area (Å²) in [6, 6.07) is 10.6. The van der Waals surface area contributed by atoms with Crippen LogP contribution in [0.5, 0.6) is 0 Å². The van der Waals surface area contributed by atoms with Crippen molar-refractivity contribution in [1.82, 2.24) is 15.1 Å². The highest BCUT2D eigenvalue weighted by Gasteiger charge is 2.19. The van der Waals surface area contributed by atoms with Gasteiger partial charge < -0.3 is 5.32 Å². The lowest BCUT2D eigenvalue weighted by molar-refractivity contribution is 0.441. The second-order valence-electron chi connectivity index (χ2n) is 5.13. The molecule has 2 heterocycles. The number of nitrogens with zero attached hydrogens (tertiary/aromatic N) is 2. The minimum Gasteiger partial charge on any atom is -0.316 e. The van der Waals surface area contributed by atoms with E-state index in [4.69, 9.17) is 0 Å². The molecular formula is C15H18BrN3. The summed E-state index contributed by atoms with van der Waals surface area (Å²) in [7, 11) is 2.05. The van der Waals surface area contributed by atoms with E-state index in [2.05, 4.69) is 56.7 Å². The Morgan fingerprint density at radius 1 is 1.32 bits per heavy atom. The summed E-state index contributed by atoms with van der Waals surface area (Å²) in [4.78, 5) is 0. The first-order chi connectivity index (χ1) is 9.24. The molecule has 0 amide bonds. The van der Waals surface area contributed by atoms with Crippen LogP contribution < -0.4 is 5.32 Å². The molecule has 4 heteroatoms. The molecule has 0 bridgehead atoms. The Balaban J connectivity index is 1.90. The van der Waals surface area contributed by atoms with Crippen LogP contribution in [0.25, 0.3) is 11.3 Å². The second-order valence-corrected chi connectivity index (χ2v) is 6.04. The number of hydrogen-bond acceptors (Lipinski definition) is 2. The van der Waals surface area contributed by atoms with E-state index in [0.29, 0.717) is 5.92 Å². The quantitative estimate of drug-likeness (QED) is 0.920. The van der Waals surface area contributed by atoms with E-state index in [0.717, 1.165) is 23.3 Å². The van der Waals surface area contributed by atoms with Crippen molar-refractivity contribution >= 4 is 15.9 Å². The zero-order chi connectivity index (χ0) is 13.2. The smallest absolute Gasteiger partial charge is 0.0926 e. The van der Waals surface area contributed by atoms with E-state index in [1.807, 2.05) is 11.7 Å². The van der Waals surface area contributed by atoms with E-state index in [9.17, 15) is 0 Å². The number of hydrogen-bond donors (Lipinski definition) is 1. The molecule has 1 aliphatic rings. The summed E-state index contributed by atoms with van der Waals surface area (Å²) >= 11 is 3.47. The molecule has 3 nitrogen and oxygen atoms in total. The largest absolute Gasteiger partial charge is 0.316 e. The summed E-state index contributed by atoms with van der Waals surface area (Å²) < 4.78 is 3.14. The van der Waals surface area contributed by atoms with Crippen LogP contribution in [0.1, 0.15) is 24.5 Å². The molecule has 100 valence electrons. The minimum absolute atomic E-state index is 0.593. The van der Waals surface area contributed by atoms with Crippen molar-refractivity contribution in [2.45, 2.75) is 18.8 Å². The van der Waals surface area contributed by atoms with Crippen LogP contribution in [0.15, 0.2) is 34.8 Å². The van der Waals surface area contributed by atoms with E-state index in [-0.39, 0.29) is 0 Å². The van der Waals surface area contributed by atoms with Gasteiger partial charge in [-0.3, -0.25) is 4.68 Å². The van der Waals surface area contributed by atoms with Gasteiger partial charge >= 0.3 is 0 Å². The Hall–Kier alpha value is -1.13. The Morgan fingerprint density at radius 2 is 2.11 bits per heavy atom. The summed E-state index contributed by atoms with van der Waals surface area (Å²) in [5, 5.41) is 8.13. The van der Waals surface area contributed by atoms with Gasteiger partial charge in [0.15, 0.2) is 0 Å². The Labute approximate surface area is 122 Å². The van der Waals surface area contributed by atoms with Crippen LogP contribution in [-0.2, 0) is 7.05 Å². The molecule has 1 aromatic carbocycles. The zero-order valence-electron chi connectivity index (χ0n) is 11.1. The molecule has 0 aliphatic carbocycles. The molecule has 1 atom stereocenters. The predicted molar refractivity (Wildman–Crippen MR) is 81.2 cm³/mol. The zero-order valence-corrected chi connectivity index (χ0v) is 12.7. The molecule has 1 unspecified atom stereocenters. The molecule has 1 fully saturated rings. The van der Waals surface area contributed by atoms with Crippen molar-refractivity contribution in [2.24, 2.45) is 7.05 Å². The highest BCUT2D eigenvalue weighted by atomic mass is 79.9. The highest BCUT2D eigenvalue weighted by Crippen LogP contribution is 2.27. The normalized spacial score (nSPS) is 19.6. The first-order valence-electron chi connectivity index (χ1n) is 6.74. The topological polar surface area (TPSA) is 29.9 Å². The first kappa shape index (κ1) is 12.9. The maximum atomic E-state index is 4.66. The van der Waals surface area contributed by atoms with Gasteiger partial charge in [-0.15, -0.1) is 0 Å². The van der Waals surface area contributed by atoms with Crippen molar-refractivity contribution in [1.29, 1.82) is 0 Å². The van der Waals surface area contributed by atoms with Crippen LogP contribution in [0, 0.1) is 0 Å². The molecule has 19 heavy (non-hydrogen) atoms. The second kappa shape index (κ2) is 5.47. The third kappa shape index (κ3) is 2.74.